The summed E-state index contributed by atoms with van der Waals surface area (Å²) in [6.07, 6.45) is 0.956. The molecule has 0 spiro atoms. The van der Waals surface area contributed by atoms with Crippen molar-refractivity contribution in [2.75, 3.05) is 41.3 Å². The van der Waals surface area contributed by atoms with Gasteiger partial charge in [0.1, 0.15) is 23.3 Å². The van der Waals surface area contributed by atoms with E-state index in [1.807, 2.05) is 31.2 Å². The predicted octanol–water partition coefficient (Wildman–Crippen LogP) is 4.56. The topological polar surface area (TPSA) is 44.3 Å². The minimum absolute atomic E-state index is 0.167. The highest BCUT2D eigenvalue weighted by atomic mass is 19.1. The van der Waals surface area contributed by atoms with Crippen molar-refractivity contribution in [3.63, 3.8) is 0 Å². The summed E-state index contributed by atoms with van der Waals surface area (Å²) in [6.45, 7) is 7.14. The van der Waals surface area contributed by atoms with Gasteiger partial charge in [0.2, 0.25) is 0 Å². The highest BCUT2D eigenvalue weighted by Gasteiger charge is 2.21. The number of piperazine rings is 1. The van der Waals surface area contributed by atoms with Crippen molar-refractivity contribution in [3.05, 3.63) is 71.8 Å². The summed E-state index contributed by atoms with van der Waals surface area (Å²) >= 11 is 0. The fourth-order valence-electron chi connectivity index (χ4n) is 3.75. The van der Waals surface area contributed by atoms with Crippen molar-refractivity contribution < 1.29 is 4.39 Å². The van der Waals surface area contributed by atoms with E-state index in [2.05, 4.69) is 50.2 Å². The zero-order valence-electron chi connectivity index (χ0n) is 16.9. The molecule has 6 heteroatoms. The molecular formula is C23H26FN5. The maximum atomic E-state index is 14.1. The van der Waals surface area contributed by atoms with Gasteiger partial charge in [-0.3, -0.25) is 0 Å². The lowest BCUT2D eigenvalue weighted by atomic mass is 10.1. The molecule has 1 fully saturated rings. The first-order valence-electron chi connectivity index (χ1n) is 10.1. The van der Waals surface area contributed by atoms with Crippen LogP contribution in [0.2, 0.25) is 0 Å². The van der Waals surface area contributed by atoms with E-state index in [4.69, 9.17) is 0 Å². The molecule has 1 aromatic heterocycles. The number of hydrogen-bond donors (Lipinski definition) is 1. The number of hydrogen-bond acceptors (Lipinski definition) is 5. The lowest BCUT2D eigenvalue weighted by Gasteiger charge is -2.37. The first kappa shape index (κ1) is 19.2. The summed E-state index contributed by atoms with van der Waals surface area (Å²) in [6, 6.07) is 17.2. The van der Waals surface area contributed by atoms with Crippen LogP contribution in [0.3, 0.4) is 0 Å². The van der Waals surface area contributed by atoms with Gasteiger partial charge >= 0.3 is 0 Å². The maximum Gasteiger partial charge on any atom is 0.146 e. The van der Waals surface area contributed by atoms with E-state index in [0.29, 0.717) is 5.69 Å². The minimum atomic E-state index is -0.167. The highest BCUT2D eigenvalue weighted by molar-refractivity contribution is 5.63. The number of para-hydroxylation sites is 2. The molecule has 0 unspecified atom stereocenters. The van der Waals surface area contributed by atoms with Gasteiger partial charge in [-0.15, -0.1) is 0 Å². The molecule has 4 rings (SSSR count). The Morgan fingerprint density at radius 2 is 1.62 bits per heavy atom. The molecule has 3 aromatic rings. The molecule has 5 nitrogen and oxygen atoms in total. The summed E-state index contributed by atoms with van der Waals surface area (Å²) < 4.78 is 14.1. The third-order valence-electron chi connectivity index (χ3n) is 5.28. The second-order valence-electron chi connectivity index (χ2n) is 7.22. The zero-order valence-corrected chi connectivity index (χ0v) is 16.9. The number of aromatic nitrogens is 2. The number of rotatable bonds is 5. The van der Waals surface area contributed by atoms with Gasteiger partial charge in [0.25, 0.3) is 0 Å². The number of halogens is 1. The molecule has 150 valence electrons. The molecule has 29 heavy (non-hydrogen) atoms. The van der Waals surface area contributed by atoms with Crippen molar-refractivity contribution >= 4 is 23.0 Å². The molecule has 0 radical (unpaired) electrons. The lowest BCUT2D eigenvalue weighted by Crippen LogP contribution is -2.47. The van der Waals surface area contributed by atoms with E-state index >= 15 is 0 Å². The summed E-state index contributed by atoms with van der Waals surface area (Å²) in [4.78, 5) is 13.5. The third-order valence-corrected chi connectivity index (χ3v) is 5.28. The Labute approximate surface area is 171 Å². The average Bonchev–Trinajstić information content (AvgIpc) is 2.74. The Kier molecular flexibility index (Phi) is 5.60. The van der Waals surface area contributed by atoms with E-state index in [1.165, 1.54) is 11.6 Å². The van der Waals surface area contributed by atoms with Crippen molar-refractivity contribution in [3.8, 4) is 0 Å². The van der Waals surface area contributed by atoms with Crippen LogP contribution in [0.15, 0.2) is 54.6 Å². The number of benzene rings is 2. The monoisotopic (exact) mass is 391 g/mol. The molecule has 2 heterocycles. The van der Waals surface area contributed by atoms with Crippen LogP contribution in [0, 0.1) is 12.7 Å². The van der Waals surface area contributed by atoms with Crippen molar-refractivity contribution in [2.24, 2.45) is 0 Å². The Balaban J connectivity index is 1.49. The Morgan fingerprint density at radius 1 is 0.931 bits per heavy atom. The second-order valence-corrected chi connectivity index (χ2v) is 7.22. The fraction of sp³-hybridized carbons (Fsp3) is 0.304. The second kappa shape index (κ2) is 8.47. The number of nitrogens with zero attached hydrogens (tertiary/aromatic N) is 4. The minimum Gasteiger partial charge on any atom is -0.366 e. The molecule has 0 atom stereocenters. The van der Waals surface area contributed by atoms with E-state index in [0.717, 1.165) is 55.7 Å². The standard InChI is InChI=1S/C23H26FN5/c1-3-18-8-4-6-10-20(18)27-22-16-23(26-17(2)25-22)29-14-12-28(13-15-29)21-11-7-5-9-19(21)24/h4-11,16H,3,12-15H2,1-2H3,(H,25,26,27). The summed E-state index contributed by atoms with van der Waals surface area (Å²) in [5, 5.41) is 3.45. The largest absolute Gasteiger partial charge is 0.366 e. The lowest BCUT2D eigenvalue weighted by molar-refractivity contribution is 0.596. The smallest absolute Gasteiger partial charge is 0.146 e. The van der Waals surface area contributed by atoms with Crippen LogP contribution < -0.4 is 15.1 Å². The quantitative estimate of drug-likeness (QED) is 0.691. The average molecular weight is 391 g/mol. The number of anilines is 4. The number of nitrogens with one attached hydrogen (secondary N) is 1. The molecule has 0 amide bonds. The first-order valence-corrected chi connectivity index (χ1v) is 10.1. The fourth-order valence-corrected chi connectivity index (χ4v) is 3.75. The molecule has 1 aliphatic heterocycles. The normalized spacial score (nSPS) is 14.2. The number of aryl methyl sites for hydroxylation is 2. The zero-order chi connectivity index (χ0) is 20.2. The predicted molar refractivity (Wildman–Crippen MR) is 117 cm³/mol. The maximum absolute atomic E-state index is 14.1. The van der Waals surface area contributed by atoms with Crippen molar-refractivity contribution in [1.82, 2.24) is 9.97 Å². The molecule has 0 saturated carbocycles. The van der Waals surface area contributed by atoms with Gasteiger partial charge in [-0.25, -0.2) is 14.4 Å². The van der Waals surface area contributed by atoms with Crippen LogP contribution in [-0.2, 0) is 6.42 Å². The van der Waals surface area contributed by atoms with Crippen LogP contribution >= 0.6 is 0 Å². The highest BCUT2D eigenvalue weighted by Crippen LogP contribution is 2.25. The van der Waals surface area contributed by atoms with Crippen molar-refractivity contribution in [1.29, 1.82) is 0 Å². The van der Waals surface area contributed by atoms with Gasteiger partial charge < -0.3 is 15.1 Å². The molecule has 0 bridgehead atoms. The molecular weight excluding hydrogens is 365 g/mol. The van der Waals surface area contributed by atoms with Crippen LogP contribution in [-0.4, -0.2) is 36.1 Å². The summed E-state index contributed by atoms with van der Waals surface area (Å²) in [5.41, 5.74) is 3.00. The first-order chi connectivity index (χ1) is 14.1. The summed E-state index contributed by atoms with van der Waals surface area (Å²) in [5.74, 6) is 2.27. The summed E-state index contributed by atoms with van der Waals surface area (Å²) in [7, 11) is 0. The van der Waals surface area contributed by atoms with E-state index in [1.54, 1.807) is 6.07 Å². The SMILES string of the molecule is CCc1ccccc1Nc1cc(N2CCN(c3ccccc3F)CC2)nc(C)n1. The van der Waals surface area contributed by atoms with Gasteiger partial charge in [0.05, 0.1) is 5.69 Å². The van der Waals surface area contributed by atoms with Gasteiger partial charge in [-0.2, -0.15) is 0 Å². The van der Waals surface area contributed by atoms with Crippen LogP contribution in [0.4, 0.5) is 27.4 Å². The molecule has 2 aromatic carbocycles. The molecule has 1 aliphatic rings. The molecule has 1 N–H and O–H groups in total. The Bertz CT molecular complexity index is 983. The van der Waals surface area contributed by atoms with E-state index in [-0.39, 0.29) is 5.82 Å². The van der Waals surface area contributed by atoms with Crippen molar-refractivity contribution in [2.45, 2.75) is 20.3 Å². The van der Waals surface area contributed by atoms with Gasteiger partial charge in [0.15, 0.2) is 0 Å². The Hall–Kier alpha value is -3.15. The van der Waals surface area contributed by atoms with E-state index in [9.17, 15) is 4.39 Å². The molecule has 1 saturated heterocycles. The van der Waals surface area contributed by atoms with Crippen LogP contribution in [0.5, 0.6) is 0 Å². The van der Waals surface area contributed by atoms with Gasteiger partial charge in [0, 0.05) is 37.9 Å². The third kappa shape index (κ3) is 4.31. The Morgan fingerprint density at radius 3 is 2.38 bits per heavy atom. The van der Waals surface area contributed by atoms with E-state index < -0.39 is 0 Å². The van der Waals surface area contributed by atoms with Crippen LogP contribution in [0.1, 0.15) is 18.3 Å². The van der Waals surface area contributed by atoms with Gasteiger partial charge in [-0.1, -0.05) is 37.3 Å². The van der Waals surface area contributed by atoms with Crippen LogP contribution in [0.25, 0.3) is 0 Å². The molecule has 0 aliphatic carbocycles. The van der Waals surface area contributed by atoms with Gasteiger partial charge in [-0.05, 0) is 37.1 Å².